The van der Waals surface area contributed by atoms with Crippen molar-refractivity contribution in [3.8, 4) is 0 Å². The van der Waals surface area contributed by atoms with E-state index in [1.807, 2.05) is 0 Å². The smallest absolute Gasteiger partial charge is 0.326 e. The summed E-state index contributed by atoms with van der Waals surface area (Å²) in [5.74, 6) is -1.62. The number of hydrogen-bond acceptors (Lipinski definition) is 4. The summed E-state index contributed by atoms with van der Waals surface area (Å²) in [4.78, 5) is 39.3. The number of nitrogens with two attached hydrogens (primary N) is 1. The van der Waals surface area contributed by atoms with Crippen molar-refractivity contribution in [1.29, 1.82) is 0 Å². The molecule has 3 amide bonds. The van der Waals surface area contributed by atoms with Crippen LogP contribution in [0.1, 0.15) is 12.2 Å². The average Bonchev–Trinajstić information content (AvgIpc) is 2.77. The van der Waals surface area contributed by atoms with E-state index in [0.717, 1.165) is 0 Å². The van der Waals surface area contributed by atoms with Crippen LogP contribution in [0, 0.1) is 0 Å². The first kappa shape index (κ1) is 13.5. The fourth-order valence-electron chi connectivity index (χ4n) is 1.17. The van der Waals surface area contributed by atoms with E-state index in [-0.39, 0.29) is 6.54 Å². The van der Waals surface area contributed by atoms with E-state index in [0.29, 0.717) is 5.82 Å². The number of aromatic nitrogens is 2. The van der Waals surface area contributed by atoms with Crippen molar-refractivity contribution in [2.24, 2.45) is 5.73 Å². The van der Waals surface area contributed by atoms with Gasteiger partial charge >= 0.3 is 12.0 Å². The van der Waals surface area contributed by atoms with E-state index in [2.05, 4.69) is 20.6 Å². The van der Waals surface area contributed by atoms with Gasteiger partial charge in [-0.05, 0) is 0 Å². The van der Waals surface area contributed by atoms with Crippen LogP contribution in [0.2, 0.25) is 0 Å². The van der Waals surface area contributed by atoms with Gasteiger partial charge in [0.15, 0.2) is 0 Å². The summed E-state index contributed by atoms with van der Waals surface area (Å²) in [5.41, 5.74) is 4.87. The molecule has 0 fully saturated rings. The zero-order chi connectivity index (χ0) is 13.5. The molecule has 6 N–H and O–H groups in total. The number of amides is 3. The van der Waals surface area contributed by atoms with Gasteiger partial charge in [0.1, 0.15) is 11.9 Å². The summed E-state index contributed by atoms with van der Waals surface area (Å²) in [6.45, 7) is 0.113. The number of urea groups is 1. The molecule has 1 rings (SSSR count). The lowest BCUT2D eigenvalue weighted by atomic mass is 10.2. The minimum Gasteiger partial charge on any atom is -0.480 e. The Labute approximate surface area is 102 Å². The molecule has 18 heavy (non-hydrogen) atoms. The highest BCUT2D eigenvalue weighted by Gasteiger charge is 2.21. The Balaban J connectivity index is 2.41. The van der Waals surface area contributed by atoms with Gasteiger partial charge in [0, 0.05) is 12.4 Å². The van der Waals surface area contributed by atoms with E-state index in [1.54, 1.807) is 6.20 Å². The third kappa shape index (κ3) is 4.51. The Bertz CT molecular complexity index is 430. The van der Waals surface area contributed by atoms with E-state index < -0.39 is 30.4 Å². The zero-order valence-electron chi connectivity index (χ0n) is 9.34. The summed E-state index contributed by atoms with van der Waals surface area (Å²) in [7, 11) is 0. The maximum absolute atomic E-state index is 11.4. The number of imidazole rings is 1. The SMILES string of the molecule is NC(=O)C[C@H](NC(=O)NCc1ncc[nH]1)C(=O)O. The molecule has 0 aromatic carbocycles. The van der Waals surface area contributed by atoms with Crippen LogP contribution in [0.5, 0.6) is 0 Å². The Kier molecular flexibility index (Phi) is 4.67. The van der Waals surface area contributed by atoms with Crippen LogP contribution in [-0.2, 0) is 16.1 Å². The van der Waals surface area contributed by atoms with E-state index in [1.165, 1.54) is 6.20 Å². The number of carbonyl (C=O) groups is 3. The molecule has 1 heterocycles. The first-order valence-electron chi connectivity index (χ1n) is 5.02. The Morgan fingerprint density at radius 2 is 2.22 bits per heavy atom. The van der Waals surface area contributed by atoms with E-state index in [9.17, 15) is 14.4 Å². The predicted octanol–water partition coefficient (Wildman–Crippen LogP) is -1.46. The van der Waals surface area contributed by atoms with Crippen molar-refractivity contribution >= 4 is 17.9 Å². The second-order valence-corrected chi connectivity index (χ2v) is 3.42. The van der Waals surface area contributed by atoms with E-state index in [4.69, 9.17) is 10.8 Å². The lowest BCUT2D eigenvalue weighted by Gasteiger charge is -2.13. The van der Waals surface area contributed by atoms with Gasteiger partial charge < -0.3 is 26.5 Å². The lowest BCUT2D eigenvalue weighted by Crippen LogP contribution is -2.47. The van der Waals surface area contributed by atoms with Gasteiger partial charge in [-0.2, -0.15) is 0 Å². The Morgan fingerprint density at radius 3 is 2.72 bits per heavy atom. The van der Waals surface area contributed by atoms with Gasteiger partial charge in [0.05, 0.1) is 13.0 Å². The summed E-state index contributed by atoms with van der Waals surface area (Å²) in [6, 6.07) is -2.07. The van der Waals surface area contributed by atoms with E-state index >= 15 is 0 Å². The third-order valence-electron chi connectivity index (χ3n) is 1.98. The molecule has 1 atom stereocenters. The number of nitrogens with one attached hydrogen (secondary N) is 3. The van der Waals surface area contributed by atoms with Crippen LogP contribution < -0.4 is 16.4 Å². The molecular weight excluding hydrogens is 242 g/mol. The molecule has 0 bridgehead atoms. The summed E-state index contributed by atoms with van der Waals surface area (Å²) in [6.07, 6.45) is 2.63. The molecule has 0 aliphatic heterocycles. The molecular formula is C9H13N5O4. The molecule has 0 aliphatic carbocycles. The van der Waals surface area contributed by atoms with Gasteiger partial charge in [-0.1, -0.05) is 0 Å². The molecule has 98 valence electrons. The zero-order valence-corrected chi connectivity index (χ0v) is 9.34. The van der Waals surface area contributed by atoms with Crippen molar-refractivity contribution in [1.82, 2.24) is 20.6 Å². The van der Waals surface area contributed by atoms with Gasteiger partial charge in [0.2, 0.25) is 5.91 Å². The van der Waals surface area contributed by atoms with Gasteiger partial charge in [-0.15, -0.1) is 0 Å². The van der Waals surface area contributed by atoms with Crippen LogP contribution >= 0.6 is 0 Å². The second-order valence-electron chi connectivity index (χ2n) is 3.42. The maximum atomic E-state index is 11.4. The molecule has 0 aliphatic rings. The van der Waals surface area contributed by atoms with Crippen LogP contribution in [-0.4, -0.2) is 39.0 Å². The molecule has 1 aromatic heterocycles. The highest BCUT2D eigenvalue weighted by Crippen LogP contribution is 1.92. The van der Waals surface area contributed by atoms with Crippen molar-refractivity contribution in [2.75, 3.05) is 0 Å². The number of nitrogens with zero attached hydrogens (tertiary/aromatic N) is 1. The lowest BCUT2D eigenvalue weighted by molar-refractivity contribution is -0.140. The maximum Gasteiger partial charge on any atom is 0.326 e. The molecule has 0 saturated heterocycles. The minimum absolute atomic E-state index is 0.113. The summed E-state index contributed by atoms with van der Waals surface area (Å²) >= 11 is 0. The molecule has 9 heteroatoms. The monoisotopic (exact) mass is 255 g/mol. The predicted molar refractivity (Wildman–Crippen MR) is 59.2 cm³/mol. The number of aromatic amines is 1. The topological polar surface area (TPSA) is 150 Å². The van der Waals surface area contributed by atoms with Crippen molar-refractivity contribution < 1.29 is 19.5 Å². The number of hydrogen-bond donors (Lipinski definition) is 5. The number of H-pyrrole nitrogens is 1. The molecule has 0 spiro atoms. The fraction of sp³-hybridized carbons (Fsp3) is 0.333. The number of rotatable bonds is 6. The number of primary amides is 1. The molecule has 0 radical (unpaired) electrons. The van der Waals surface area contributed by atoms with Crippen LogP contribution in [0.15, 0.2) is 12.4 Å². The quantitative estimate of drug-likeness (QED) is 0.420. The van der Waals surface area contributed by atoms with Crippen LogP contribution in [0.25, 0.3) is 0 Å². The third-order valence-corrected chi connectivity index (χ3v) is 1.98. The number of carbonyl (C=O) groups excluding carboxylic acids is 2. The van der Waals surface area contributed by atoms with Crippen molar-refractivity contribution in [2.45, 2.75) is 19.0 Å². The Morgan fingerprint density at radius 1 is 1.50 bits per heavy atom. The highest BCUT2D eigenvalue weighted by molar-refractivity contribution is 5.87. The van der Waals surface area contributed by atoms with Gasteiger partial charge in [-0.3, -0.25) is 4.79 Å². The first-order valence-corrected chi connectivity index (χ1v) is 5.02. The van der Waals surface area contributed by atoms with Crippen molar-refractivity contribution in [3.05, 3.63) is 18.2 Å². The van der Waals surface area contributed by atoms with Crippen LogP contribution in [0.3, 0.4) is 0 Å². The standard InChI is InChI=1S/C9H13N5O4/c10-6(15)3-5(8(16)17)14-9(18)13-4-7-11-1-2-12-7/h1-2,5H,3-4H2,(H2,10,15)(H,11,12)(H,16,17)(H2,13,14,18)/t5-/m0/s1. The average molecular weight is 255 g/mol. The summed E-state index contributed by atoms with van der Waals surface area (Å²) in [5, 5.41) is 13.3. The molecule has 9 nitrogen and oxygen atoms in total. The largest absolute Gasteiger partial charge is 0.480 e. The normalized spacial score (nSPS) is 11.6. The van der Waals surface area contributed by atoms with Crippen molar-refractivity contribution in [3.63, 3.8) is 0 Å². The number of aliphatic carboxylic acids is 1. The highest BCUT2D eigenvalue weighted by atomic mass is 16.4. The summed E-state index contributed by atoms with van der Waals surface area (Å²) < 4.78 is 0. The van der Waals surface area contributed by atoms with Crippen LogP contribution in [0.4, 0.5) is 4.79 Å². The minimum atomic E-state index is -1.35. The first-order chi connectivity index (χ1) is 8.49. The second kappa shape index (κ2) is 6.23. The Hall–Kier alpha value is -2.58. The van der Waals surface area contributed by atoms with Gasteiger partial charge in [0.25, 0.3) is 0 Å². The molecule has 1 aromatic rings. The number of carboxylic acids is 1. The molecule has 0 saturated carbocycles. The number of carboxylic acid groups (broad SMARTS) is 1. The van der Waals surface area contributed by atoms with Gasteiger partial charge in [-0.25, -0.2) is 14.6 Å². The fourth-order valence-corrected chi connectivity index (χ4v) is 1.17. The molecule has 0 unspecified atom stereocenters.